The van der Waals surface area contributed by atoms with Gasteiger partial charge in [-0.15, -0.1) is 0 Å². The summed E-state index contributed by atoms with van der Waals surface area (Å²) in [7, 11) is 0. The highest BCUT2D eigenvalue weighted by Gasteiger charge is 2.50. The molecule has 2 amide bonds. The molecule has 2 N–H and O–H groups in total. The van der Waals surface area contributed by atoms with Gasteiger partial charge >= 0.3 is 0 Å². The first-order valence-electron chi connectivity index (χ1n) is 10.9. The van der Waals surface area contributed by atoms with Crippen LogP contribution in [0.3, 0.4) is 0 Å². The summed E-state index contributed by atoms with van der Waals surface area (Å²) in [6.07, 6.45) is 10.9. The quantitative estimate of drug-likeness (QED) is 0.635. The molecular weight excluding hydrogens is 394 g/mol. The Balaban J connectivity index is 1.43. The first-order chi connectivity index (χ1) is 15.0. The fourth-order valence-electron chi connectivity index (χ4n) is 4.22. The van der Waals surface area contributed by atoms with E-state index < -0.39 is 6.04 Å². The van der Waals surface area contributed by atoms with Crippen LogP contribution in [0.1, 0.15) is 49.9 Å². The molecule has 0 bridgehead atoms. The molecule has 3 aromatic heterocycles. The second-order valence-corrected chi connectivity index (χ2v) is 8.83. The van der Waals surface area contributed by atoms with Gasteiger partial charge < -0.3 is 15.2 Å². The fraction of sp³-hybridized carbons (Fsp3) is 0.500. The number of carbonyl (C=O) groups excluding carboxylic acids is 2. The van der Waals surface area contributed by atoms with Crippen molar-refractivity contribution in [3.8, 4) is 11.3 Å². The minimum Gasteiger partial charge on any atom is -0.344 e. The zero-order valence-corrected chi connectivity index (χ0v) is 17.9. The number of hydrogen-bond donors (Lipinski definition) is 2. The first kappa shape index (κ1) is 19.7. The minimum atomic E-state index is -0.512. The molecular formula is C22H27N7O2. The van der Waals surface area contributed by atoms with E-state index in [0.717, 1.165) is 50.9 Å². The van der Waals surface area contributed by atoms with E-state index in [1.165, 1.54) is 0 Å². The number of aromatic amines is 1. The van der Waals surface area contributed by atoms with Gasteiger partial charge in [-0.1, -0.05) is 6.92 Å². The number of rotatable bonds is 6. The summed E-state index contributed by atoms with van der Waals surface area (Å²) in [6.45, 7) is 6.40. The van der Waals surface area contributed by atoms with Crippen LogP contribution in [0, 0.1) is 5.41 Å². The van der Waals surface area contributed by atoms with Crippen LogP contribution in [0.4, 0.5) is 0 Å². The SMILES string of the molecule is CCn1cc(-c2cnc3[nH]cc(C(=O)NC(C(=O)N4CCCC4)C4(C)CC4)c3n2)cn1. The van der Waals surface area contributed by atoms with Crippen LogP contribution in [0.25, 0.3) is 22.4 Å². The summed E-state index contributed by atoms with van der Waals surface area (Å²) >= 11 is 0. The van der Waals surface area contributed by atoms with Crippen LogP contribution >= 0.6 is 0 Å². The van der Waals surface area contributed by atoms with E-state index in [2.05, 4.69) is 32.3 Å². The number of H-pyrrole nitrogens is 1. The van der Waals surface area contributed by atoms with Gasteiger partial charge in [0.1, 0.15) is 11.6 Å². The number of carbonyl (C=O) groups is 2. The van der Waals surface area contributed by atoms with Gasteiger partial charge in [0.25, 0.3) is 5.91 Å². The van der Waals surface area contributed by atoms with Crippen LogP contribution in [0.2, 0.25) is 0 Å². The summed E-state index contributed by atoms with van der Waals surface area (Å²) in [5.41, 5.74) is 2.75. The zero-order valence-electron chi connectivity index (χ0n) is 17.9. The number of nitrogens with one attached hydrogen (secondary N) is 2. The highest BCUT2D eigenvalue weighted by atomic mass is 16.2. The molecule has 162 valence electrons. The van der Waals surface area contributed by atoms with Gasteiger partial charge in [0.05, 0.1) is 23.7 Å². The Hall–Kier alpha value is -3.23. The average molecular weight is 422 g/mol. The molecule has 0 spiro atoms. The summed E-state index contributed by atoms with van der Waals surface area (Å²) < 4.78 is 1.82. The van der Waals surface area contributed by atoms with Gasteiger partial charge in [-0.2, -0.15) is 5.10 Å². The second-order valence-electron chi connectivity index (χ2n) is 8.83. The summed E-state index contributed by atoms with van der Waals surface area (Å²) in [4.78, 5) is 40.4. The molecule has 0 aromatic carbocycles. The molecule has 9 heteroatoms. The summed E-state index contributed by atoms with van der Waals surface area (Å²) in [5, 5.41) is 7.32. The van der Waals surface area contributed by atoms with Gasteiger partial charge in [0.2, 0.25) is 5.91 Å². The lowest BCUT2D eigenvalue weighted by Crippen LogP contribution is -2.52. The lowest BCUT2D eigenvalue weighted by molar-refractivity contribution is -0.133. The topological polar surface area (TPSA) is 109 Å². The van der Waals surface area contributed by atoms with Crippen LogP contribution in [0.5, 0.6) is 0 Å². The Bertz CT molecular complexity index is 1140. The van der Waals surface area contributed by atoms with Gasteiger partial charge in [0.15, 0.2) is 5.65 Å². The molecule has 9 nitrogen and oxygen atoms in total. The number of aryl methyl sites for hydroxylation is 1. The normalized spacial score (nSPS) is 18.3. The molecule has 3 aromatic rings. The Morgan fingerprint density at radius 1 is 1.26 bits per heavy atom. The van der Waals surface area contributed by atoms with Gasteiger partial charge in [-0.25, -0.2) is 9.97 Å². The predicted molar refractivity (Wildman–Crippen MR) is 115 cm³/mol. The molecule has 1 aliphatic carbocycles. The lowest BCUT2D eigenvalue weighted by Gasteiger charge is -2.28. The Morgan fingerprint density at radius 3 is 2.71 bits per heavy atom. The maximum absolute atomic E-state index is 13.2. The third-order valence-corrected chi connectivity index (χ3v) is 6.55. The average Bonchev–Trinajstić information content (AvgIpc) is 3.26. The van der Waals surface area contributed by atoms with Crippen molar-refractivity contribution < 1.29 is 9.59 Å². The smallest absolute Gasteiger partial charge is 0.255 e. The van der Waals surface area contributed by atoms with Crippen molar-refractivity contribution in [1.29, 1.82) is 0 Å². The van der Waals surface area contributed by atoms with Crippen molar-refractivity contribution in [2.45, 2.75) is 52.1 Å². The van der Waals surface area contributed by atoms with Crippen LogP contribution in [-0.2, 0) is 11.3 Å². The Kier molecular flexibility index (Phi) is 4.75. The molecule has 1 saturated heterocycles. The van der Waals surface area contributed by atoms with E-state index >= 15 is 0 Å². The van der Waals surface area contributed by atoms with E-state index in [1.54, 1.807) is 18.6 Å². The molecule has 4 heterocycles. The van der Waals surface area contributed by atoms with Crippen molar-refractivity contribution in [1.82, 2.24) is 34.9 Å². The van der Waals surface area contributed by atoms with Crippen molar-refractivity contribution in [2.24, 2.45) is 5.41 Å². The largest absolute Gasteiger partial charge is 0.344 e. The maximum Gasteiger partial charge on any atom is 0.255 e. The first-order valence-corrected chi connectivity index (χ1v) is 10.9. The van der Waals surface area contributed by atoms with Crippen molar-refractivity contribution >= 4 is 23.0 Å². The second kappa shape index (κ2) is 7.47. The zero-order chi connectivity index (χ0) is 21.6. The van der Waals surface area contributed by atoms with Crippen LogP contribution < -0.4 is 5.32 Å². The summed E-state index contributed by atoms with van der Waals surface area (Å²) in [5.74, 6) is -0.267. The van der Waals surface area contributed by atoms with Crippen molar-refractivity contribution in [3.05, 3.63) is 30.4 Å². The number of nitrogens with zero attached hydrogens (tertiary/aromatic N) is 5. The fourth-order valence-corrected chi connectivity index (χ4v) is 4.22. The summed E-state index contributed by atoms with van der Waals surface area (Å²) in [6, 6.07) is -0.512. The maximum atomic E-state index is 13.2. The third-order valence-electron chi connectivity index (χ3n) is 6.55. The van der Waals surface area contributed by atoms with Gasteiger partial charge in [-0.3, -0.25) is 14.3 Å². The highest BCUT2D eigenvalue weighted by molar-refractivity contribution is 6.06. The number of aromatic nitrogens is 5. The van der Waals surface area contributed by atoms with Gasteiger partial charge in [-0.05, 0) is 38.0 Å². The molecule has 1 saturated carbocycles. The number of fused-ring (bicyclic) bond motifs is 1. The lowest BCUT2D eigenvalue weighted by atomic mass is 9.97. The van der Waals surface area contributed by atoms with E-state index in [-0.39, 0.29) is 17.2 Å². The molecule has 1 unspecified atom stereocenters. The molecule has 0 radical (unpaired) electrons. The molecule has 1 aliphatic heterocycles. The van der Waals surface area contributed by atoms with Crippen LogP contribution in [-0.4, -0.2) is 60.6 Å². The Labute approximate surface area is 180 Å². The Morgan fingerprint density at radius 2 is 2.03 bits per heavy atom. The number of amides is 2. The van der Waals surface area contributed by atoms with Crippen molar-refractivity contribution in [3.63, 3.8) is 0 Å². The van der Waals surface area contributed by atoms with E-state index in [9.17, 15) is 9.59 Å². The minimum absolute atomic E-state index is 0.0319. The standard InChI is InChI=1S/C22H27N7O2/c1-3-29-13-14(10-25-29)16-12-24-19-17(26-16)15(11-23-19)20(30)27-18(22(2)6-7-22)21(31)28-8-4-5-9-28/h10-13,18H,3-9H2,1-2H3,(H,23,24)(H,27,30). The van der Waals surface area contributed by atoms with E-state index in [1.807, 2.05) is 22.7 Å². The third kappa shape index (κ3) is 3.58. The molecule has 1 atom stereocenters. The molecule has 2 aliphatic rings. The molecule has 2 fully saturated rings. The van der Waals surface area contributed by atoms with Crippen molar-refractivity contribution in [2.75, 3.05) is 13.1 Å². The number of hydrogen-bond acceptors (Lipinski definition) is 5. The molecule has 5 rings (SSSR count). The monoisotopic (exact) mass is 421 g/mol. The van der Waals surface area contributed by atoms with Crippen LogP contribution in [0.15, 0.2) is 24.8 Å². The number of likely N-dealkylation sites (tertiary alicyclic amines) is 1. The van der Waals surface area contributed by atoms with Gasteiger partial charge in [0, 0.05) is 37.6 Å². The van der Waals surface area contributed by atoms with E-state index in [0.29, 0.717) is 22.4 Å². The predicted octanol–water partition coefficient (Wildman–Crippen LogP) is 2.36. The highest BCUT2D eigenvalue weighted by Crippen LogP contribution is 2.48. The van der Waals surface area contributed by atoms with E-state index in [4.69, 9.17) is 0 Å². The molecule has 31 heavy (non-hydrogen) atoms.